The molecule has 1 N–H and O–H groups in total. The van der Waals surface area contributed by atoms with Crippen LogP contribution in [0.2, 0.25) is 0 Å². The number of aryl methyl sites for hydroxylation is 1. The standard InChI is InChI=1S/C17H19N3O4/c1-11-9-18-16(19-11)14-10-20(5-6-22-14)17(21)12-3-2-4-13-15(12)24-8-7-23-13/h2-4,9,14H,5-8,10H2,1H3,(H,18,19). The van der Waals surface area contributed by atoms with Gasteiger partial charge in [-0.2, -0.15) is 0 Å². The van der Waals surface area contributed by atoms with Gasteiger partial charge in [0.15, 0.2) is 11.5 Å². The van der Waals surface area contributed by atoms with Crippen molar-refractivity contribution in [3.63, 3.8) is 0 Å². The lowest BCUT2D eigenvalue weighted by Crippen LogP contribution is -2.42. The zero-order valence-corrected chi connectivity index (χ0v) is 13.4. The van der Waals surface area contributed by atoms with Gasteiger partial charge in [0.05, 0.1) is 18.7 Å². The number of nitrogens with zero attached hydrogens (tertiary/aromatic N) is 2. The number of H-pyrrole nitrogens is 1. The molecule has 7 heteroatoms. The first kappa shape index (κ1) is 15.0. The molecule has 0 aliphatic carbocycles. The second kappa shape index (κ2) is 6.16. The predicted molar refractivity (Wildman–Crippen MR) is 85.4 cm³/mol. The number of benzene rings is 1. The molecule has 0 bridgehead atoms. The highest BCUT2D eigenvalue weighted by molar-refractivity contribution is 5.98. The van der Waals surface area contributed by atoms with Gasteiger partial charge in [0.2, 0.25) is 0 Å². The Kier molecular flexibility index (Phi) is 3.86. The van der Waals surface area contributed by atoms with Crippen molar-refractivity contribution in [2.24, 2.45) is 0 Å². The minimum atomic E-state index is -0.242. The Bertz CT molecular complexity index is 758. The zero-order chi connectivity index (χ0) is 16.5. The second-order valence-corrected chi connectivity index (χ2v) is 5.89. The first-order valence-corrected chi connectivity index (χ1v) is 8.03. The molecule has 2 aliphatic rings. The monoisotopic (exact) mass is 329 g/mol. The summed E-state index contributed by atoms with van der Waals surface area (Å²) in [5.41, 5.74) is 1.50. The third-order valence-corrected chi connectivity index (χ3v) is 4.18. The van der Waals surface area contributed by atoms with E-state index in [-0.39, 0.29) is 12.0 Å². The number of aromatic amines is 1. The minimum absolute atomic E-state index is 0.0751. The number of nitrogens with one attached hydrogen (secondary N) is 1. The third kappa shape index (κ3) is 2.71. The largest absolute Gasteiger partial charge is 0.486 e. The van der Waals surface area contributed by atoms with Crippen molar-refractivity contribution in [3.05, 3.63) is 41.5 Å². The first-order valence-electron chi connectivity index (χ1n) is 8.03. The summed E-state index contributed by atoms with van der Waals surface area (Å²) in [6, 6.07) is 5.41. The molecule has 1 aromatic carbocycles. The smallest absolute Gasteiger partial charge is 0.257 e. The van der Waals surface area contributed by atoms with Crippen molar-refractivity contribution in [1.29, 1.82) is 0 Å². The Morgan fingerprint density at radius 2 is 2.17 bits per heavy atom. The van der Waals surface area contributed by atoms with E-state index in [1.807, 2.05) is 19.1 Å². The fraction of sp³-hybridized carbons (Fsp3) is 0.412. The van der Waals surface area contributed by atoms with Gasteiger partial charge in [0, 0.05) is 18.4 Å². The van der Waals surface area contributed by atoms with Gasteiger partial charge in [-0.3, -0.25) is 4.79 Å². The highest BCUT2D eigenvalue weighted by atomic mass is 16.6. The van der Waals surface area contributed by atoms with Gasteiger partial charge in [-0.25, -0.2) is 4.98 Å². The number of para-hydroxylation sites is 1. The van der Waals surface area contributed by atoms with Crippen LogP contribution in [0.4, 0.5) is 0 Å². The summed E-state index contributed by atoms with van der Waals surface area (Å²) in [6.45, 7) is 4.37. The van der Waals surface area contributed by atoms with Crippen LogP contribution in [0.15, 0.2) is 24.4 Å². The summed E-state index contributed by atoms with van der Waals surface area (Å²) in [6.07, 6.45) is 1.52. The highest BCUT2D eigenvalue weighted by Gasteiger charge is 2.30. The number of hydrogen-bond donors (Lipinski definition) is 1. The fourth-order valence-corrected chi connectivity index (χ4v) is 3.01. The summed E-state index contributed by atoms with van der Waals surface area (Å²) in [4.78, 5) is 22.2. The molecule has 4 rings (SSSR count). The van der Waals surface area contributed by atoms with Crippen LogP contribution in [0.5, 0.6) is 11.5 Å². The van der Waals surface area contributed by atoms with Crippen LogP contribution in [0.25, 0.3) is 0 Å². The molecular formula is C17H19N3O4. The minimum Gasteiger partial charge on any atom is -0.486 e. The molecule has 2 aliphatic heterocycles. The van der Waals surface area contributed by atoms with E-state index in [4.69, 9.17) is 14.2 Å². The molecule has 0 saturated carbocycles. The van der Waals surface area contributed by atoms with E-state index in [1.54, 1.807) is 17.2 Å². The molecule has 0 spiro atoms. The van der Waals surface area contributed by atoms with E-state index in [9.17, 15) is 4.79 Å². The molecule has 7 nitrogen and oxygen atoms in total. The lowest BCUT2D eigenvalue weighted by atomic mass is 10.1. The molecule has 3 heterocycles. The van der Waals surface area contributed by atoms with Gasteiger partial charge >= 0.3 is 0 Å². The molecule has 24 heavy (non-hydrogen) atoms. The maximum Gasteiger partial charge on any atom is 0.257 e. The summed E-state index contributed by atoms with van der Waals surface area (Å²) in [5.74, 6) is 1.83. The van der Waals surface area contributed by atoms with Gasteiger partial charge in [0.1, 0.15) is 25.1 Å². The van der Waals surface area contributed by atoms with E-state index >= 15 is 0 Å². The van der Waals surface area contributed by atoms with Crippen molar-refractivity contribution in [3.8, 4) is 11.5 Å². The molecule has 1 saturated heterocycles. The number of carbonyl (C=O) groups excluding carboxylic acids is 1. The van der Waals surface area contributed by atoms with Crippen LogP contribution in [0.1, 0.15) is 28.0 Å². The van der Waals surface area contributed by atoms with Crippen LogP contribution in [-0.4, -0.2) is 53.7 Å². The van der Waals surface area contributed by atoms with Gasteiger partial charge in [-0.15, -0.1) is 0 Å². The molecule has 2 aromatic rings. The quantitative estimate of drug-likeness (QED) is 0.907. The van der Waals surface area contributed by atoms with E-state index < -0.39 is 0 Å². The Morgan fingerprint density at radius 1 is 1.29 bits per heavy atom. The van der Waals surface area contributed by atoms with E-state index in [2.05, 4.69) is 9.97 Å². The van der Waals surface area contributed by atoms with E-state index in [0.29, 0.717) is 50.0 Å². The molecule has 1 atom stereocenters. The maximum absolute atomic E-state index is 13.0. The second-order valence-electron chi connectivity index (χ2n) is 5.89. The number of carbonyl (C=O) groups is 1. The topological polar surface area (TPSA) is 76.7 Å². The van der Waals surface area contributed by atoms with E-state index in [1.165, 1.54) is 0 Å². The van der Waals surface area contributed by atoms with Crippen molar-refractivity contribution in [2.45, 2.75) is 13.0 Å². The number of aromatic nitrogens is 2. The van der Waals surface area contributed by atoms with Gasteiger partial charge < -0.3 is 24.1 Å². The number of rotatable bonds is 2. The third-order valence-electron chi connectivity index (χ3n) is 4.18. The number of ether oxygens (including phenoxy) is 3. The van der Waals surface area contributed by atoms with Gasteiger partial charge in [0.25, 0.3) is 5.91 Å². The lowest BCUT2D eigenvalue weighted by Gasteiger charge is -2.32. The molecule has 1 aromatic heterocycles. The predicted octanol–water partition coefficient (Wildman–Crippen LogP) is 1.70. The molecule has 1 amide bonds. The molecular weight excluding hydrogens is 310 g/mol. The van der Waals surface area contributed by atoms with Crippen LogP contribution in [0.3, 0.4) is 0 Å². The van der Waals surface area contributed by atoms with E-state index in [0.717, 1.165) is 11.5 Å². The summed E-state index contributed by atoms with van der Waals surface area (Å²) in [5, 5.41) is 0. The van der Waals surface area contributed by atoms with Gasteiger partial charge in [-0.1, -0.05) is 6.07 Å². The fourth-order valence-electron chi connectivity index (χ4n) is 3.01. The number of fused-ring (bicyclic) bond motifs is 1. The summed E-state index contributed by atoms with van der Waals surface area (Å²) in [7, 11) is 0. The average molecular weight is 329 g/mol. The normalized spacial score (nSPS) is 20.0. The Hall–Kier alpha value is -2.54. The number of imidazole rings is 1. The zero-order valence-electron chi connectivity index (χ0n) is 13.4. The summed E-state index contributed by atoms with van der Waals surface area (Å²) < 4.78 is 17.0. The number of hydrogen-bond acceptors (Lipinski definition) is 5. The van der Waals surface area contributed by atoms with Gasteiger partial charge in [-0.05, 0) is 19.1 Å². The lowest BCUT2D eigenvalue weighted by molar-refractivity contribution is -0.0266. The maximum atomic E-state index is 13.0. The van der Waals surface area contributed by atoms with Crippen LogP contribution in [0, 0.1) is 6.92 Å². The Morgan fingerprint density at radius 3 is 3.00 bits per heavy atom. The van der Waals surface area contributed by atoms with Crippen molar-refractivity contribution in [2.75, 3.05) is 32.9 Å². The molecule has 1 fully saturated rings. The number of morpholine rings is 1. The first-order chi connectivity index (χ1) is 11.7. The molecule has 126 valence electrons. The highest BCUT2D eigenvalue weighted by Crippen LogP contribution is 2.35. The average Bonchev–Trinajstić information content (AvgIpc) is 3.07. The summed E-state index contributed by atoms with van der Waals surface area (Å²) >= 11 is 0. The van der Waals surface area contributed by atoms with Crippen molar-refractivity contribution in [1.82, 2.24) is 14.9 Å². The van der Waals surface area contributed by atoms with Crippen molar-refractivity contribution >= 4 is 5.91 Å². The molecule has 1 unspecified atom stereocenters. The molecule has 0 radical (unpaired) electrons. The van der Waals surface area contributed by atoms with Crippen LogP contribution < -0.4 is 9.47 Å². The Balaban J connectivity index is 1.56. The number of amides is 1. The SMILES string of the molecule is Cc1cnc(C2CN(C(=O)c3cccc4c3OCCO4)CCO2)[nH]1. The van der Waals surface area contributed by atoms with Crippen molar-refractivity contribution < 1.29 is 19.0 Å². The Labute approximate surface area is 139 Å². The van der Waals surface area contributed by atoms with Crippen LogP contribution in [-0.2, 0) is 4.74 Å². The van der Waals surface area contributed by atoms with Crippen LogP contribution >= 0.6 is 0 Å².